The van der Waals surface area contributed by atoms with E-state index in [1.807, 2.05) is 32.0 Å². The number of nitrogens with one attached hydrogen (secondary N) is 1. The highest BCUT2D eigenvalue weighted by atomic mass is 32.2. The van der Waals surface area contributed by atoms with Crippen LogP contribution in [0.5, 0.6) is 17.2 Å². The topological polar surface area (TPSA) is 96.6 Å². The Morgan fingerprint density at radius 3 is 2.58 bits per heavy atom. The van der Waals surface area contributed by atoms with Gasteiger partial charge >= 0.3 is 0 Å². The number of aryl methyl sites for hydroxylation is 2. The van der Waals surface area contributed by atoms with Crippen LogP contribution in [0.2, 0.25) is 0 Å². The number of aliphatic imine (C=N–C) groups is 1. The van der Waals surface area contributed by atoms with Gasteiger partial charge in [0.05, 0.1) is 12.7 Å². The van der Waals surface area contributed by atoms with Crippen LogP contribution in [0.1, 0.15) is 42.9 Å². The average Bonchev–Trinajstić information content (AvgIpc) is 3.28. The number of methoxy groups -OCH3 is 1. The van der Waals surface area contributed by atoms with Crippen LogP contribution in [0.4, 0.5) is 0 Å². The van der Waals surface area contributed by atoms with Gasteiger partial charge in [0.15, 0.2) is 17.3 Å². The first kappa shape index (κ1) is 25.5. The van der Waals surface area contributed by atoms with Gasteiger partial charge in [-0.2, -0.15) is 15.1 Å². The number of fused-ring (bicyclic) bond motifs is 1. The van der Waals surface area contributed by atoms with E-state index >= 15 is 0 Å². The van der Waals surface area contributed by atoms with Gasteiger partial charge in [0.1, 0.15) is 24.0 Å². The highest BCUT2D eigenvalue weighted by molar-refractivity contribution is 8.26. The third-order valence-electron chi connectivity index (χ3n) is 5.68. The largest absolute Gasteiger partial charge is 0.493 e. The van der Waals surface area contributed by atoms with Crippen LogP contribution >= 0.6 is 11.8 Å². The number of amidine groups is 2. The molecule has 0 aromatic heterocycles. The zero-order valence-corrected chi connectivity index (χ0v) is 21.8. The molecule has 0 spiro atoms. The summed E-state index contributed by atoms with van der Waals surface area (Å²) in [5, 5.41) is 15.8. The number of thioether (sulfide) groups is 1. The number of hydrogen-bond acceptors (Lipinski definition) is 7. The molecule has 2 aromatic rings. The summed E-state index contributed by atoms with van der Waals surface area (Å²) in [6.45, 7) is 6.88. The standard InChI is InChI=1S/C27H30N4O4S/c1-5-6-7-24-30-31-25(28)20(26(32)29-27(31)36-24)15-19-10-11-21(23(16-19)33-4)34-12-13-35-22-14-17(2)8-9-18(22)3/h8-11,14-16,28H,5-7,12-13H2,1-4H3/b20-15+,28-25?. The van der Waals surface area contributed by atoms with Crippen LogP contribution < -0.4 is 14.2 Å². The lowest BCUT2D eigenvalue weighted by Gasteiger charge is -2.20. The molecule has 0 aliphatic carbocycles. The van der Waals surface area contributed by atoms with Gasteiger partial charge in [0, 0.05) is 0 Å². The van der Waals surface area contributed by atoms with Crippen LogP contribution in [-0.4, -0.2) is 47.3 Å². The Bertz CT molecular complexity index is 1270. The number of rotatable bonds is 10. The summed E-state index contributed by atoms with van der Waals surface area (Å²) in [6, 6.07) is 11.4. The number of benzene rings is 2. The first-order valence-corrected chi connectivity index (χ1v) is 12.7. The molecule has 0 radical (unpaired) electrons. The molecule has 0 unspecified atom stereocenters. The van der Waals surface area contributed by atoms with Gasteiger partial charge in [-0.3, -0.25) is 10.2 Å². The number of nitrogens with zero attached hydrogens (tertiary/aromatic N) is 3. The van der Waals surface area contributed by atoms with E-state index in [-0.39, 0.29) is 11.4 Å². The molecule has 2 heterocycles. The Balaban J connectivity index is 1.43. The fourth-order valence-corrected chi connectivity index (χ4v) is 4.61. The van der Waals surface area contributed by atoms with Gasteiger partial charge in [-0.05, 0) is 79.4 Å². The third kappa shape index (κ3) is 5.79. The molecule has 2 aliphatic rings. The zero-order valence-electron chi connectivity index (χ0n) is 21.0. The van der Waals surface area contributed by atoms with Crippen molar-refractivity contribution < 1.29 is 19.0 Å². The van der Waals surface area contributed by atoms with Gasteiger partial charge in [0.25, 0.3) is 5.91 Å². The fourth-order valence-electron chi connectivity index (χ4n) is 3.69. The monoisotopic (exact) mass is 506 g/mol. The zero-order chi connectivity index (χ0) is 25.7. The Kier molecular flexibility index (Phi) is 8.10. The second kappa shape index (κ2) is 11.4. The van der Waals surface area contributed by atoms with Crippen molar-refractivity contribution in [3.05, 3.63) is 58.7 Å². The molecule has 0 atom stereocenters. The number of ether oxygens (including phenoxy) is 3. The lowest BCUT2D eigenvalue weighted by Crippen LogP contribution is -2.35. The van der Waals surface area contributed by atoms with Gasteiger partial charge in [-0.1, -0.05) is 31.5 Å². The predicted octanol–water partition coefficient (Wildman–Crippen LogP) is 5.58. The summed E-state index contributed by atoms with van der Waals surface area (Å²) in [5.74, 6) is 1.50. The highest BCUT2D eigenvalue weighted by Crippen LogP contribution is 2.32. The smallest absolute Gasteiger partial charge is 0.283 e. The summed E-state index contributed by atoms with van der Waals surface area (Å²) in [6.07, 6.45) is 4.49. The van der Waals surface area contributed by atoms with Crippen LogP contribution in [0.25, 0.3) is 6.08 Å². The van der Waals surface area contributed by atoms with Crippen molar-refractivity contribution in [3.8, 4) is 17.2 Å². The molecule has 2 aromatic carbocycles. The van der Waals surface area contributed by atoms with Crippen molar-refractivity contribution in [1.29, 1.82) is 5.41 Å². The van der Waals surface area contributed by atoms with Crippen molar-refractivity contribution >= 4 is 39.8 Å². The van der Waals surface area contributed by atoms with Crippen LogP contribution in [0.15, 0.2) is 52.1 Å². The van der Waals surface area contributed by atoms with E-state index in [9.17, 15) is 4.79 Å². The first-order chi connectivity index (χ1) is 17.4. The minimum absolute atomic E-state index is 0.0203. The summed E-state index contributed by atoms with van der Waals surface area (Å²) < 4.78 is 17.2. The number of hydrazone groups is 1. The summed E-state index contributed by atoms with van der Waals surface area (Å²) in [7, 11) is 1.56. The Morgan fingerprint density at radius 1 is 1.06 bits per heavy atom. The SMILES string of the molecule is CCCCC1=NN2C(=N)/C(=C\c3ccc(OCCOc4cc(C)ccc4C)c(OC)c3)C(=O)N=C2S1. The second-order valence-electron chi connectivity index (χ2n) is 8.49. The summed E-state index contributed by atoms with van der Waals surface area (Å²) >= 11 is 1.36. The molecular formula is C27H30N4O4S. The summed E-state index contributed by atoms with van der Waals surface area (Å²) in [5.41, 5.74) is 3.09. The van der Waals surface area contributed by atoms with Crippen LogP contribution in [0.3, 0.4) is 0 Å². The minimum atomic E-state index is -0.450. The van der Waals surface area contributed by atoms with Gasteiger partial charge < -0.3 is 14.2 Å². The number of hydrogen-bond donors (Lipinski definition) is 1. The molecule has 1 N–H and O–H groups in total. The number of amides is 1. The van der Waals surface area contributed by atoms with Gasteiger partial charge in [0.2, 0.25) is 5.17 Å². The number of carbonyl (C=O) groups excluding carboxylic acids is 1. The van der Waals surface area contributed by atoms with E-state index in [0.717, 1.165) is 41.2 Å². The molecule has 0 saturated carbocycles. The molecule has 36 heavy (non-hydrogen) atoms. The van der Waals surface area contributed by atoms with E-state index in [4.69, 9.17) is 19.6 Å². The maximum absolute atomic E-state index is 12.7. The third-order valence-corrected chi connectivity index (χ3v) is 6.65. The minimum Gasteiger partial charge on any atom is -0.493 e. The van der Waals surface area contributed by atoms with Crippen molar-refractivity contribution in [2.75, 3.05) is 20.3 Å². The molecule has 2 aliphatic heterocycles. The van der Waals surface area contributed by atoms with E-state index in [1.54, 1.807) is 25.3 Å². The number of carbonyl (C=O) groups is 1. The molecule has 1 amide bonds. The normalized spacial score (nSPS) is 16.1. The van der Waals surface area contributed by atoms with Crippen LogP contribution in [0, 0.1) is 19.3 Å². The number of unbranched alkanes of at least 4 members (excludes halogenated alkanes) is 1. The second-order valence-corrected chi connectivity index (χ2v) is 9.53. The van der Waals surface area contributed by atoms with Gasteiger partial charge in [-0.15, -0.1) is 0 Å². The molecule has 0 saturated heterocycles. The molecule has 4 rings (SSSR count). The van der Waals surface area contributed by atoms with Gasteiger partial charge in [-0.25, -0.2) is 0 Å². The predicted molar refractivity (Wildman–Crippen MR) is 144 cm³/mol. The van der Waals surface area contributed by atoms with Crippen molar-refractivity contribution in [2.24, 2.45) is 10.1 Å². The molecule has 0 bridgehead atoms. The van der Waals surface area contributed by atoms with E-state index in [1.165, 1.54) is 16.8 Å². The Hall–Kier alpha value is -3.59. The lowest BCUT2D eigenvalue weighted by atomic mass is 10.1. The van der Waals surface area contributed by atoms with Crippen molar-refractivity contribution in [1.82, 2.24) is 5.01 Å². The van der Waals surface area contributed by atoms with E-state index in [0.29, 0.717) is 35.4 Å². The van der Waals surface area contributed by atoms with E-state index in [2.05, 4.69) is 23.1 Å². The molecular weight excluding hydrogens is 476 g/mol. The molecule has 9 heteroatoms. The van der Waals surface area contributed by atoms with Crippen molar-refractivity contribution in [2.45, 2.75) is 40.0 Å². The Morgan fingerprint density at radius 2 is 1.83 bits per heavy atom. The Labute approximate surface area is 215 Å². The quantitative estimate of drug-likeness (QED) is 0.334. The average molecular weight is 507 g/mol. The maximum atomic E-state index is 12.7. The highest BCUT2D eigenvalue weighted by Gasteiger charge is 2.35. The lowest BCUT2D eigenvalue weighted by molar-refractivity contribution is -0.114. The fraction of sp³-hybridized carbons (Fsp3) is 0.333. The molecule has 8 nitrogen and oxygen atoms in total. The molecule has 188 valence electrons. The van der Waals surface area contributed by atoms with E-state index < -0.39 is 5.91 Å². The maximum Gasteiger partial charge on any atom is 0.283 e. The van der Waals surface area contributed by atoms with Crippen molar-refractivity contribution in [3.63, 3.8) is 0 Å². The molecule has 0 fully saturated rings. The first-order valence-electron chi connectivity index (χ1n) is 11.9. The van der Waals surface area contributed by atoms with Crippen LogP contribution in [-0.2, 0) is 4.79 Å². The summed E-state index contributed by atoms with van der Waals surface area (Å²) in [4.78, 5) is 16.8.